The van der Waals surface area contributed by atoms with E-state index in [0.717, 1.165) is 46.7 Å². The number of benzene rings is 2. The molecule has 1 N–H and O–H groups in total. The predicted octanol–water partition coefficient (Wildman–Crippen LogP) is 4.33. The Bertz CT molecular complexity index is 998. The van der Waals surface area contributed by atoms with Gasteiger partial charge >= 0.3 is 0 Å². The number of methoxy groups -OCH3 is 1. The number of ether oxygens (including phenoxy) is 1. The average molecular weight is 410 g/mol. The van der Waals surface area contributed by atoms with Gasteiger partial charge in [0.1, 0.15) is 5.75 Å². The quantitative estimate of drug-likeness (QED) is 0.659. The van der Waals surface area contributed by atoms with Gasteiger partial charge in [-0.2, -0.15) is 5.10 Å². The molecule has 29 heavy (non-hydrogen) atoms. The first-order chi connectivity index (χ1) is 14.1. The van der Waals surface area contributed by atoms with Crippen LogP contribution in [0.15, 0.2) is 54.7 Å². The molecule has 0 aliphatic heterocycles. The van der Waals surface area contributed by atoms with Crippen LogP contribution in [0.2, 0.25) is 5.02 Å². The Labute approximate surface area is 175 Å². The molecular formula is C23H24ClN3O2. The third-order valence-electron chi connectivity index (χ3n) is 5.40. The summed E-state index contributed by atoms with van der Waals surface area (Å²) in [6.45, 7) is 0.640. The van der Waals surface area contributed by atoms with Gasteiger partial charge in [-0.15, -0.1) is 0 Å². The molecule has 150 valence electrons. The summed E-state index contributed by atoms with van der Waals surface area (Å²) in [5, 5.41) is 8.53. The standard InChI is InChI=1S/C23H24ClN3O2/c1-29-18-11-9-16(10-12-18)13-23(28)26-21-7-4-8-22-19(21)14-25-27(22)15-17-5-2-3-6-20(17)24/h2-3,5-6,9-12,14,21H,4,7-8,13,15H2,1H3,(H,26,28)/t21-/m0/s1. The van der Waals surface area contributed by atoms with E-state index in [1.165, 1.54) is 5.69 Å². The van der Waals surface area contributed by atoms with Crippen LogP contribution in [0.3, 0.4) is 0 Å². The van der Waals surface area contributed by atoms with E-state index in [9.17, 15) is 4.79 Å². The highest BCUT2D eigenvalue weighted by Gasteiger charge is 2.25. The Kier molecular flexibility index (Phi) is 5.86. The molecule has 6 heteroatoms. The molecule has 5 nitrogen and oxygen atoms in total. The Morgan fingerprint density at radius 1 is 1.24 bits per heavy atom. The minimum Gasteiger partial charge on any atom is -0.497 e. The summed E-state index contributed by atoms with van der Waals surface area (Å²) in [5.41, 5.74) is 4.32. The molecule has 0 saturated heterocycles. The minimum atomic E-state index is 0.00416. The van der Waals surface area contributed by atoms with Crippen LogP contribution in [-0.4, -0.2) is 22.8 Å². The Morgan fingerprint density at radius 3 is 2.79 bits per heavy atom. The molecule has 0 unspecified atom stereocenters. The van der Waals surface area contributed by atoms with Crippen molar-refractivity contribution in [3.05, 3.63) is 82.1 Å². The molecular weight excluding hydrogens is 386 g/mol. The molecule has 0 spiro atoms. The number of aromatic nitrogens is 2. The van der Waals surface area contributed by atoms with Crippen molar-refractivity contribution in [2.45, 2.75) is 38.3 Å². The number of hydrogen-bond donors (Lipinski definition) is 1. The molecule has 4 rings (SSSR count). The molecule has 1 aromatic heterocycles. The molecule has 1 atom stereocenters. The van der Waals surface area contributed by atoms with Gasteiger partial charge in [-0.3, -0.25) is 9.48 Å². The lowest BCUT2D eigenvalue weighted by atomic mass is 9.92. The fourth-order valence-corrected chi connectivity index (χ4v) is 4.06. The highest BCUT2D eigenvalue weighted by molar-refractivity contribution is 6.31. The molecule has 0 bridgehead atoms. The van der Waals surface area contributed by atoms with Gasteiger partial charge in [0, 0.05) is 16.3 Å². The second-order valence-electron chi connectivity index (χ2n) is 7.33. The highest BCUT2D eigenvalue weighted by Crippen LogP contribution is 2.30. The van der Waals surface area contributed by atoms with Crippen molar-refractivity contribution in [2.75, 3.05) is 7.11 Å². The van der Waals surface area contributed by atoms with Gasteiger partial charge < -0.3 is 10.1 Å². The maximum absolute atomic E-state index is 12.6. The number of fused-ring (bicyclic) bond motifs is 1. The van der Waals surface area contributed by atoms with Crippen molar-refractivity contribution in [1.82, 2.24) is 15.1 Å². The van der Waals surface area contributed by atoms with E-state index in [1.54, 1.807) is 7.11 Å². The van der Waals surface area contributed by atoms with Crippen molar-refractivity contribution >= 4 is 17.5 Å². The third kappa shape index (κ3) is 4.46. The Balaban J connectivity index is 1.45. The zero-order chi connectivity index (χ0) is 20.2. The van der Waals surface area contributed by atoms with Crippen LogP contribution in [0.4, 0.5) is 0 Å². The maximum atomic E-state index is 12.6. The third-order valence-corrected chi connectivity index (χ3v) is 5.77. The van der Waals surface area contributed by atoms with Gasteiger partial charge in [0.2, 0.25) is 5.91 Å². The van der Waals surface area contributed by atoms with Crippen LogP contribution in [0.25, 0.3) is 0 Å². The number of carbonyl (C=O) groups excluding carboxylic acids is 1. The van der Waals surface area contributed by atoms with Crippen LogP contribution in [0.1, 0.15) is 41.3 Å². The summed E-state index contributed by atoms with van der Waals surface area (Å²) >= 11 is 6.31. The summed E-state index contributed by atoms with van der Waals surface area (Å²) in [4.78, 5) is 12.6. The molecule has 0 saturated carbocycles. The molecule has 1 aliphatic rings. The SMILES string of the molecule is COc1ccc(CC(=O)N[C@H]2CCCc3c2cnn3Cc2ccccc2Cl)cc1. The first-order valence-electron chi connectivity index (χ1n) is 9.84. The summed E-state index contributed by atoms with van der Waals surface area (Å²) in [6.07, 6.45) is 5.16. The number of rotatable bonds is 6. The molecule has 1 heterocycles. The fourth-order valence-electron chi connectivity index (χ4n) is 3.87. The summed E-state index contributed by atoms with van der Waals surface area (Å²) in [7, 11) is 1.63. The molecule has 1 aliphatic carbocycles. The van der Waals surface area contributed by atoms with E-state index in [0.29, 0.717) is 13.0 Å². The molecule has 2 aromatic carbocycles. The first-order valence-corrected chi connectivity index (χ1v) is 10.2. The predicted molar refractivity (Wildman–Crippen MR) is 113 cm³/mol. The van der Waals surface area contributed by atoms with E-state index in [2.05, 4.69) is 10.4 Å². The highest BCUT2D eigenvalue weighted by atomic mass is 35.5. The Hall–Kier alpha value is -2.79. The molecule has 3 aromatic rings. The monoisotopic (exact) mass is 409 g/mol. The maximum Gasteiger partial charge on any atom is 0.224 e. The number of hydrogen-bond acceptors (Lipinski definition) is 3. The number of amides is 1. The number of nitrogens with one attached hydrogen (secondary N) is 1. The zero-order valence-corrected chi connectivity index (χ0v) is 17.2. The van der Waals surface area contributed by atoms with E-state index in [1.807, 2.05) is 59.4 Å². The topological polar surface area (TPSA) is 56.1 Å². The number of halogens is 1. The van der Waals surface area contributed by atoms with E-state index >= 15 is 0 Å². The van der Waals surface area contributed by atoms with Crippen molar-refractivity contribution < 1.29 is 9.53 Å². The first kappa shape index (κ1) is 19.5. The van der Waals surface area contributed by atoms with E-state index in [-0.39, 0.29) is 11.9 Å². The smallest absolute Gasteiger partial charge is 0.224 e. The minimum absolute atomic E-state index is 0.00416. The van der Waals surface area contributed by atoms with Crippen LogP contribution < -0.4 is 10.1 Å². The van der Waals surface area contributed by atoms with Gasteiger partial charge in [-0.05, 0) is 48.6 Å². The van der Waals surface area contributed by atoms with Gasteiger partial charge in [-0.1, -0.05) is 41.9 Å². The van der Waals surface area contributed by atoms with Crippen molar-refractivity contribution in [3.63, 3.8) is 0 Å². The lowest BCUT2D eigenvalue weighted by Crippen LogP contribution is -2.32. The van der Waals surface area contributed by atoms with Crippen LogP contribution in [0.5, 0.6) is 5.75 Å². The summed E-state index contributed by atoms with van der Waals surface area (Å²) < 4.78 is 7.18. The van der Waals surface area contributed by atoms with Gasteiger partial charge in [0.25, 0.3) is 0 Å². The molecule has 1 amide bonds. The summed E-state index contributed by atoms with van der Waals surface area (Å²) in [5.74, 6) is 0.809. The van der Waals surface area contributed by atoms with E-state index < -0.39 is 0 Å². The van der Waals surface area contributed by atoms with Crippen molar-refractivity contribution in [2.24, 2.45) is 0 Å². The second kappa shape index (κ2) is 8.70. The van der Waals surface area contributed by atoms with Crippen molar-refractivity contribution in [3.8, 4) is 5.75 Å². The van der Waals surface area contributed by atoms with Gasteiger partial charge in [0.15, 0.2) is 0 Å². The van der Waals surface area contributed by atoms with Crippen molar-refractivity contribution in [1.29, 1.82) is 0 Å². The normalized spacial score (nSPS) is 15.6. The van der Waals surface area contributed by atoms with Gasteiger partial charge in [0.05, 0.1) is 32.3 Å². The molecule has 0 radical (unpaired) electrons. The lowest BCUT2D eigenvalue weighted by molar-refractivity contribution is -0.121. The zero-order valence-electron chi connectivity index (χ0n) is 16.4. The number of carbonyl (C=O) groups is 1. The van der Waals surface area contributed by atoms with Gasteiger partial charge in [-0.25, -0.2) is 0 Å². The Morgan fingerprint density at radius 2 is 2.03 bits per heavy atom. The largest absolute Gasteiger partial charge is 0.497 e. The number of nitrogens with zero attached hydrogens (tertiary/aromatic N) is 2. The summed E-state index contributed by atoms with van der Waals surface area (Å²) in [6, 6.07) is 15.4. The van der Waals surface area contributed by atoms with Crippen LogP contribution in [-0.2, 0) is 24.2 Å². The molecule has 0 fully saturated rings. The van der Waals surface area contributed by atoms with E-state index in [4.69, 9.17) is 16.3 Å². The lowest BCUT2D eigenvalue weighted by Gasteiger charge is -2.24. The van der Waals surface area contributed by atoms with Crippen LogP contribution >= 0.6 is 11.6 Å². The fraction of sp³-hybridized carbons (Fsp3) is 0.304. The van der Waals surface area contributed by atoms with Crippen LogP contribution in [0, 0.1) is 0 Å². The average Bonchev–Trinajstić information content (AvgIpc) is 3.14. The second-order valence-corrected chi connectivity index (χ2v) is 7.74.